The molecule has 9 heteroatoms. The number of hydrogen-bond donors (Lipinski definition) is 1. The first kappa shape index (κ1) is 26.6. The lowest BCUT2D eigenvalue weighted by Gasteiger charge is -2.39. The Morgan fingerprint density at radius 1 is 1.44 bits per heavy atom. The highest BCUT2D eigenvalue weighted by molar-refractivity contribution is 6.34. The van der Waals surface area contributed by atoms with Crippen molar-refractivity contribution in [3.05, 3.63) is 41.4 Å². The number of anilines is 1. The number of esters is 1. The van der Waals surface area contributed by atoms with Gasteiger partial charge in [-0.3, -0.25) is 14.4 Å². The summed E-state index contributed by atoms with van der Waals surface area (Å²) in [5.74, 6) is -3.11. The number of benzene rings is 1. The molecule has 1 aromatic carbocycles. The number of rotatable bonds is 8. The Morgan fingerprint density at radius 2 is 2.14 bits per heavy atom. The van der Waals surface area contributed by atoms with E-state index in [0.29, 0.717) is 17.1 Å². The van der Waals surface area contributed by atoms with Crippen molar-refractivity contribution in [3.63, 3.8) is 0 Å². The van der Waals surface area contributed by atoms with Crippen molar-refractivity contribution in [2.45, 2.75) is 64.3 Å². The van der Waals surface area contributed by atoms with Gasteiger partial charge >= 0.3 is 5.97 Å². The summed E-state index contributed by atoms with van der Waals surface area (Å²) >= 11 is 6.56. The van der Waals surface area contributed by atoms with Crippen molar-refractivity contribution in [1.29, 1.82) is 0 Å². The number of carbonyl (C=O) groups is 3. The van der Waals surface area contributed by atoms with Gasteiger partial charge in [-0.2, -0.15) is 0 Å². The molecule has 0 radical (unpaired) electrons. The zero-order valence-electron chi connectivity index (χ0n) is 21.5. The van der Waals surface area contributed by atoms with Gasteiger partial charge in [-0.25, -0.2) is 0 Å². The van der Waals surface area contributed by atoms with Crippen LogP contribution in [-0.4, -0.2) is 70.8 Å². The van der Waals surface area contributed by atoms with E-state index in [1.807, 2.05) is 26.8 Å². The SMILES string of the molecule is C=CCN(C(=O)C1N([C@H](C)CO)C(=O)[C@@H]2[C@H](C(=O)OCC)[C@@]3(C)OC12CC3C)c1c(C)cccc1Cl. The maximum atomic E-state index is 14.5. The number of para-hydroxylation sites is 1. The second-order valence-electron chi connectivity index (χ2n) is 10.4. The number of likely N-dealkylation sites (tertiary alicyclic amines) is 1. The van der Waals surface area contributed by atoms with Crippen LogP contribution in [0, 0.1) is 24.7 Å². The van der Waals surface area contributed by atoms with Gasteiger partial charge in [0.2, 0.25) is 5.91 Å². The summed E-state index contributed by atoms with van der Waals surface area (Å²) < 4.78 is 12.1. The number of aliphatic hydroxyl groups excluding tert-OH is 1. The van der Waals surface area contributed by atoms with Crippen LogP contribution >= 0.6 is 11.6 Å². The van der Waals surface area contributed by atoms with Gasteiger partial charge < -0.3 is 24.4 Å². The Hall–Kier alpha value is -2.42. The number of fused-ring (bicyclic) bond motifs is 1. The number of nitrogens with zero attached hydrogens (tertiary/aromatic N) is 2. The molecule has 8 nitrogen and oxygen atoms in total. The molecule has 2 amide bonds. The van der Waals surface area contributed by atoms with Gasteiger partial charge in [0.25, 0.3) is 5.91 Å². The molecule has 1 N–H and O–H groups in total. The average molecular weight is 519 g/mol. The molecule has 0 saturated carbocycles. The molecule has 3 unspecified atom stereocenters. The molecule has 36 heavy (non-hydrogen) atoms. The van der Waals surface area contributed by atoms with Crippen molar-refractivity contribution in [2.75, 3.05) is 24.7 Å². The monoisotopic (exact) mass is 518 g/mol. The molecular weight excluding hydrogens is 484 g/mol. The number of halogens is 1. The lowest BCUT2D eigenvalue weighted by Crippen LogP contribution is -2.58. The average Bonchev–Trinajstić information content (AvgIpc) is 3.34. The van der Waals surface area contributed by atoms with Gasteiger partial charge in [0, 0.05) is 6.54 Å². The fraction of sp³-hybridized carbons (Fsp3) is 0.593. The predicted octanol–water partition coefficient (Wildman–Crippen LogP) is 3.12. The molecule has 1 aromatic rings. The first-order valence-corrected chi connectivity index (χ1v) is 12.8. The molecule has 0 aliphatic carbocycles. The van der Waals surface area contributed by atoms with Crippen LogP contribution in [0.5, 0.6) is 0 Å². The molecule has 7 atom stereocenters. The van der Waals surface area contributed by atoms with Gasteiger partial charge in [-0.1, -0.05) is 36.7 Å². The molecule has 3 heterocycles. The molecule has 3 aliphatic heterocycles. The lowest BCUT2D eigenvalue weighted by molar-refractivity contribution is -0.161. The standard InChI is InChI=1S/C27H35ClN2O6/c1-7-12-29(21-15(3)10-9-11-18(21)28)24(33)22-27-13-16(4)26(6,36-27)20(25(34)35-8-2)19(27)23(32)30(22)17(5)14-31/h7,9-11,16-17,19-20,22,31H,1,8,12-14H2,2-6H3/t16?,17-,19+,20-,22?,26+,27?/m1/s1. The minimum Gasteiger partial charge on any atom is -0.466 e. The molecule has 4 rings (SSSR count). The molecule has 196 valence electrons. The molecule has 2 bridgehead atoms. The number of hydrogen-bond acceptors (Lipinski definition) is 6. The van der Waals surface area contributed by atoms with E-state index in [1.54, 1.807) is 32.1 Å². The summed E-state index contributed by atoms with van der Waals surface area (Å²) in [5.41, 5.74) is -0.873. The van der Waals surface area contributed by atoms with Crippen LogP contribution in [-0.2, 0) is 23.9 Å². The van der Waals surface area contributed by atoms with Crippen molar-refractivity contribution in [3.8, 4) is 0 Å². The maximum absolute atomic E-state index is 14.5. The van der Waals surface area contributed by atoms with Crippen LogP contribution in [0.25, 0.3) is 0 Å². The Morgan fingerprint density at radius 3 is 2.72 bits per heavy atom. The minimum atomic E-state index is -1.24. The quantitative estimate of drug-likeness (QED) is 0.419. The van der Waals surface area contributed by atoms with Crippen LogP contribution in [0.15, 0.2) is 30.9 Å². The Bertz CT molecular complexity index is 1070. The van der Waals surface area contributed by atoms with Crippen LogP contribution < -0.4 is 4.90 Å². The summed E-state index contributed by atoms with van der Waals surface area (Å²) in [5, 5.41) is 10.5. The molecule has 3 saturated heterocycles. The van der Waals surface area contributed by atoms with Gasteiger partial charge in [-0.15, -0.1) is 6.58 Å². The molecule has 3 fully saturated rings. The highest BCUT2D eigenvalue weighted by Gasteiger charge is 2.80. The smallest absolute Gasteiger partial charge is 0.312 e. The normalized spacial score (nSPS) is 33.4. The van der Waals surface area contributed by atoms with Gasteiger partial charge in [0.1, 0.15) is 17.6 Å². The number of ether oxygens (including phenoxy) is 2. The third-order valence-corrected chi connectivity index (χ3v) is 8.61. The Labute approximate surface area is 217 Å². The number of aryl methyl sites for hydroxylation is 1. The highest BCUT2D eigenvalue weighted by Crippen LogP contribution is 2.65. The van der Waals surface area contributed by atoms with Gasteiger partial charge in [-0.05, 0) is 51.7 Å². The van der Waals surface area contributed by atoms with E-state index in [0.717, 1.165) is 5.56 Å². The van der Waals surface area contributed by atoms with E-state index in [1.165, 1.54) is 9.80 Å². The zero-order chi connectivity index (χ0) is 26.6. The van der Waals surface area contributed by atoms with E-state index in [-0.39, 0.29) is 37.5 Å². The summed E-state index contributed by atoms with van der Waals surface area (Å²) in [4.78, 5) is 44.7. The largest absolute Gasteiger partial charge is 0.466 e. The fourth-order valence-corrected chi connectivity index (χ4v) is 6.97. The van der Waals surface area contributed by atoms with Crippen molar-refractivity contribution in [2.24, 2.45) is 17.8 Å². The Balaban J connectivity index is 1.89. The van der Waals surface area contributed by atoms with Crippen LogP contribution in [0.2, 0.25) is 5.02 Å². The number of aliphatic hydroxyl groups is 1. The third kappa shape index (κ3) is 3.60. The van der Waals surface area contributed by atoms with Crippen LogP contribution in [0.3, 0.4) is 0 Å². The number of carbonyl (C=O) groups excluding carboxylic acids is 3. The fourth-order valence-electron chi connectivity index (χ4n) is 6.64. The summed E-state index contributed by atoms with van der Waals surface area (Å²) in [6.45, 7) is 12.9. The van der Waals surface area contributed by atoms with Crippen molar-refractivity contribution < 1.29 is 29.0 Å². The van der Waals surface area contributed by atoms with E-state index in [4.69, 9.17) is 21.1 Å². The first-order valence-electron chi connectivity index (χ1n) is 12.5. The lowest BCUT2D eigenvalue weighted by atomic mass is 9.62. The summed E-state index contributed by atoms with van der Waals surface area (Å²) in [7, 11) is 0. The van der Waals surface area contributed by atoms with E-state index in [9.17, 15) is 19.5 Å². The van der Waals surface area contributed by atoms with E-state index < -0.39 is 41.1 Å². The number of amides is 2. The van der Waals surface area contributed by atoms with E-state index in [2.05, 4.69) is 6.58 Å². The highest BCUT2D eigenvalue weighted by atomic mass is 35.5. The zero-order valence-corrected chi connectivity index (χ0v) is 22.2. The Kier molecular flexibility index (Phi) is 7.01. The topological polar surface area (TPSA) is 96.4 Å². The second-order valence-corrected chi connectivity index (χ2v) is 10.8. The van der Waals surface area contributed by atoms with Crippen molar-refractivity contribution >= 4 is 35.1 Å². The summed E-state index contributed by atoms with van der Waals surface area (Å²) in [6, 6.07) is 3.64. The van der Waals surface area contributed by atoms with Crippen LogP contribution in [0.4, 0.5) is 5.69 Å². The van der Waals surface area contributed by atoms with Crippen molar-refractivity contribution in [1.82, 2.24) is 4.90 Å². The van der Waals surface area contributed by atoms with Crippen LogP contribution in [0.1, 0.15) is 39.7 Å². The molecule has 1 spiro atoms. The van der Waals surface area contributed by atoms with Gasteiger partial charge in [0.05, 0.1) is 41.5 Å². The summed E-state index contributed by atoms with van der Waals surface area (Å²) in [6.07, 6.45) is 2.02. The first-order chi connectivity index (χ1) is 17.0. The molecular formula is C27H35ClN2O6. The third-order valence-electron chi connectivity index (χ3n) is 8.30. The van der Waals surface area contributed by atoms with Gasteiger partial charge in [0.15, 0.2) is 0 Å². The molecule has 3 aliphatic rings. The predicted molar refractivity (Wildman–Crippen MR) is 136 cm³/mol. The maximum Gasteiger partial charge on any atom is 0.312 e. The second kappa shape index (κ2) is 9.47. The molecule has 0 aromatic heterocycles. The van der Waals surface area contributed by atoms with E-state index >= 15 is 0 Å². The minimum absolute atomic E-state index is 0.106.